The van der Waals surface area contributed by atoms with Crippen LogP contribution in [0, 0.1) is 0 Å². The number of unbranched alkanes of at least 4 members (excludes halogenated alkanes) is 4. The summed E-state index contributed by atoms with van der Waals surface area (Å²) in [5.41, 5.74) is 2.58. The first kappa shape index (κ1) is 29.1. The van der Waals surface area contributed by atoms with Crippen LogP contribution < -0.4 is 10.6 Å². The van der Waals surface area contributed by atoms with Crippen LogP contribution in [0.1, 0.15) is 89.6 Å². The maximum Gasteiger partial charge on any atom is 0.435 e. The molecule has 0 unspecified atom stereocenters. The number of fused-ring (bicyclic) bond motifs is 2. The largest absolute Gasteiger partial charge is 0.444 e. The smallest absolute Gasteiger partial charge is 0.435 e. The van der Waals surface area contributed by atoms with Crippen LogP contribution in [-0.4, -0.2) is 52.0 Å². The lowest BCUT2D eigenvalue weighted by Crippen LogP contribution is -2.32. The number of rotatable bonds is 9. The number of hydrogen-bond acceptors (Lipinski definition) is 7. The number of carbonyl (C=O) groups excluding carboxylic acids is 3. The Morgan fingerprint density at radius 1 is 0.825 bits per heavy atom. The van der Waals surface area contributed by atoms with Crippen molar-refractivity contribution in [1.29, 1.82) is 0 Å². The zero-order valence-corrected chi connectivity index (χ0v) is 24.3. The van der Waals surface area contributed by atoms with Crippen LogP contribution in [0.2, 0.25) is 0 Å². The molecule has 1 amide bonds. The number of aromatic nitrogens is 2. The van der Waals surface area contributed by atoms with E-state index in [1.54, 1.807) is 18.2 Å². The van der Waals surface area contributed by atoms with Gasteiger partial charge in [0.05, 0.1) is 11.1 Å². The molecule has 214 valence electrons. The van der Waals surface area contributed by atoms with Crippen LogP contribution in [0.15, 0.2) is 36.4 Å². The van der Waals surface area contributed by atoms with Gasteiger partial charge in [-0.2, -0.15) is 9.78 Å². The summed E-state index contributed by atoms with van der Waals surface area (Å²) in [6.07, 6.45) is 4.00. The summed E-state index contributed by atoms with van der Waals surface area (Å²) in [4.78, 5) is 38.3. The van der Waals surface area contributed by atoms with E-state index in [1.165, 1.54) is 4.68 Å². The fourth-order valence-corrected chi connectivity index (χ4v) is 4.78. The number of ether oxygens (including phenoxy) is 2. The molecule has 1 aliphatic carbocycles. The number of alkyl carbamates (subject to hydrolysis) is 1. The summed E-state index contributed by atoms with van der Waals surface area (Å²) in [5.74, 6) is -0.0857. The third-order valence-electron chi connectivity index (χ3n) is 6.40. The minimum atomic E-state index is -0.672. The highest BCUT2D eigenvalue weighted by molar-refractivity contribution is 6.27. The van der Waals surface area contributed by atoms with E-state index in [1.807, 2.05) is 59.7 Å². The predicted molar refractivity (Wildman–Crippen MR) is 156 cm³/mol. The molecule has 0 saturated heterocycles. The quantitative estimate of drug-likeness (QED) is 0.218. The molecule has 40 heavy (non-hydrogen) atoms. The molecule has 0 atom stereocenters. The number of amides is 1. The highest BCUT2D eigenvalue weighted by atomic mass is 16.6. The Labute approximate surface area is 235 Å². The lowest BCUT2D eigenvalue weighted by molar-refractivity contribution is 0.0513. The second-order valence-electron chi connectivity index (χ2n) is 12.1. The molecule has 1 aliphatic rings. The average Bonchev–Trinajstić information content (AvgIpc) is 3.25. The average molecular weight is 549 g/mol. The van der Waals surface area contributed by atoms with Gasteiger partial charge in [0, 0.05) is 35.3 Å². The molecule has 0 radical (unpaired) electrons. The topological polar surface area (TPSA) is 112 Å². The fourth-order valence-electron chi connectivity index (χ4n) is 4.78. The monoisotopic (exact) mass is 548 g/mol. The van der Waals surface area contributed by atoms with Crippen molar-refractivity contribution < 1.29 is 23.9 Å². The van der Waals surface area contributed by atoms with Gasteiger partial charge in [-0.05, 0) is 66.5 Å². The van der Waals surface area contributed by atoms with Crippen molar-refractivity contribution in [2.75, 3.05) is 18.4 Å². The van der Waals surface area contributed by atoms with Crippen LogP contribution in [0.5, 0.6) is 0 Å². The van der Waals surface area contributed by atoms with E-state index in [0.29, 0.717) is 39.8 Å². The Bertz CT molecular complexity index is 1410. The van der Waals surface area contributed by atoms with Crippen molar-refractivity contribution in [1.82, 2.24) is 15.1 Å². The fraction of sp³-hybridized carbons (Fsp3) is 0.484. The van der Waals surface area contributed by atoms with E-state index < -0.39 is 17.3 Å². The van der Waals surface area contributed by atoms with Gasteiger partial charge in [-0.3, -0.25) is 4.79 Å². The van der Waals surface area contributed by atoms with Gasteiger partial charge in [0.1, 0.15) is 16.9 Å². The number of nitrogens with zero attached hydrogens (tertiary/aromatic N) is 2. The minimum absolute atomic E-state index is 0.0857. The van der Waals surface area contributed by atoms with E-state index in [2.05, 4.69) is 15.7 Å². The standard InChI is InChI=1S/C31H40N4O5/c1-30(2,3)39-28(37)33-19-11-9-7-8-10-18-32-22-16-12-14-20-24(22)27(36)21-15-13-17-23-25(21)26(20)34-35(23)29(38)40-31(4,5)6/h12-17,32H,7-11,18-19H2,1-6H3,(H,33,37). The molecule has 3 aromatic rings. The number of carbonyl (C=O) groups is 3. The normalized spacial score (nSPS) is 12.7. The van der Waals surface area contributed by atoms with Gasteiger partial charge >= 0.3 is 12.2 Å². The van der Waals surface area contributed by atoms with Crippen LogP contribution in [0.4, 0.5) is 15.3 Å². The molecule has 4 rings (SSSR count). The Morgan fingerprint density at radius 3 is 2.15 bits per heavy atom. The van der Waals surface area contributed by atoms with Crippen molar-refractivity contribution >= 4 is 34.6 Å². The van der Waals surface area contributed by atoms with Gasteiger partial charge in [-0.25, -0.2) is 9.59 Å². The molecule has 9 nitrogen and oxygen atoms in total. The number of benzene rings is 2. The van der Waals surface area contributed by atoms with E-state index in [4.69, 9.17) is 9.47 Å². The zero-order chi connectivity index (χ0) is 29.1. The zero-order valence-electron chi connectivity index (χ0n) is 24.3. The Balaban J connectivity index is 1.36. The summed E-state index contributed by atoms with van der Waals surface area (Å²) in [6, 6.07) is 11.0. The number of ketones is 1. The van der Waals surface area contributed by atoms with Gasteiger partial charge in [0.2, 0.25) is 0 Å². The van der Waals surface area contributed by atoms with Crippen molar-refractivity contribution in [3.63, 3.8) is 0 Å². The summed E-state index contributed by atoms with van der Waals surface area (Å²) >= 11 is 0. The molecule has 0 saturated carbocycles. The molecule has 1 heterocycles. The molecule has 1 aromatic heterocycles. The van der Waals surface area contributed by atoms with E-state index in [0.717, 1.165) is 44.3 Å². The minimum Gasteiger partial charge on any atom is -0.444 e. The SMILES string of the molecule is CC(C)(C)OC(=O)NCCCCCCCNc1cccc2c1C(=O)c1cccc3c1c-2nn3C(=O)OC(C)(C)C. The molecule has 0 spiro atoms. The Morgan fingerprint density at radius 2 is 1.45 bits per heavy atom. The maximum atomic E-state index is 13.7. The summed E-state index contributed by atoms with van der Waals surface area (Å²) in [6.45, 7) is 12.3. The van der Waals surface area contributed by atoms with Crippen molar-refractivity contribution in [3.8, 4) is 11.3 Å². The van der Waals surface area contributed by atoms with Crippen LogP contribution in [0.3, 0.4) is 0 Å². The van der Waals surface area contributed by atoms with Crippen LogP contribution >= 0.6 is 0 Å². The van der Waals surface area contributed by atoms with Crippen molar-refractivity contribution in [2.45, 2.75) is 84.8 Å². The van der Waals surface area contributed by atoms with Gasteiger partial charge < -0.3 is 20.1 Å². The number of hydrogen-bond donors (Lipinski definition) is 2. The highest BCUT2D eigenvalue weighted by Gasteiger charge is 2.32. The number of anilines is 1. The molecular formula is C31H40N4O5. The molecule has 0 bridgehead atoms. The van der Waals surface area contributed by atoms with Gasteiger partial charge in [-0.15, -0.1) is 0 Å². The van der Waals surface area contributed by atoms with Crippen LogP contribution in [-0.2, 0) is 9.47 Å². The number of nitrogens with one attached hydrogen (secondary N) is 2. The third-order valence-corrected chi connectivity index (χ3v) is 6.40. The van der Waals surface area contributed by atoms with Crippen molar-refractivity contribution in [2.24, 2.45) is 0 Å². The summed E-state index contributed by atoms with van der Waals surface area (Å²) < 4.78 is 12.1. The third kappa shape index (κ3) is 6.81. The first-order valence-corrected chi connectivity index (χ1v) is 14.0. The first-order chi connectivity index (χ1) is 18.9. The molecule has 2 aromatic carbocycles. The lowest BCUT2D eigenvalue weighted by atomic mass is 9.86. The first-order valence-electron chi connectivity index (χ1n) is 14.0. The molecule has 2 N–H and O–H groups in total. The van der Waals surface area contributed by atoms with E-state index in [-0.39, 0.29) is 11.9 Å². The van der Waals surface area contributed by atoms with Crippen LogP contribution in [0.25, 0.3) is 22.2 Å². The van der Waals surface area contributed by atoms with Gasteiger partial charge in [0.25, 0.3) is 0 Å². The van der Waals surface area contributed by atoms with E-state index >= 15 is 0 Å². The second-order valence-corrected chi connectivity index (χ2v) is 12.1. The summed E-state index contributed by atoms with van der Waals surface area (Å²) in [7, 11) is 0. The Hall–Kier alpha value is -3.88. The second kappa shape index (κ2) is 11.7. The van der Waals surface area contributed by atoms with Gasteiger partial charge in [0.15, 0.2) is 5.78 Å². The molecule has 9 heteroatoms. The summed E-state index contributed by atoms with van der Waals surface area (Å²) in [5, 5.41) is 11.5. The van der Waals surface area contributed by atoms with Crippen molar-refractivity contribution in [3.05, 3.63) is 47.5 Å². The predicted octanol–water partition coefficient (Wildman–Crippen LogP) is 6.92. The highest BCUT2D eigenvalue weighted by Crippen LogP contribution is 2.41. The molecular weight excluding hydrogens is 508 g/mol. The van der Waals surface area contributed by atoms with Gasteiger partial charge in [-0.1, -0.05) is 43.5 Å². The molecule has 0 aliphatic heterocycles. The maximum absolute atomic E-state index is 13.7. The molecule has 0 fully saturated rings. The lowest BCUT2D eigenvalue weighted by Gasteiger charge is -2.19. The van der Waals surface area contributed by atoms with E-state index in [9.17, 15) is 14.4 Å². The Kier molecular flexibility index (Phi) is 8.51.